The largest absolute Gasteiger partial charge is 0.352 e. The van der Waals surface area contributed by atoms with Crippen LogP contribution in [0, 0.1) is 0 Å². The van der Waals surface area contributed by atoms with E-state index in [-0.39, 0.29) is 11.8 Å². The van der Waals surface area contributed by atoms with Crippen molar-refractivity contribution in [3.05, 3.63) is 41.3 Å². The Kier molecular flexibility index (Phi) is 5.90. The first-order valence-electron chi connectivity index (χ1n) is 10.6. The van der Waals surface area contributed by atoms with E-state index >= 15 is 0 Å². The third-order valence-corrected chi connectivity index (χ3v) is 6.11. The molecule has 0 saturated carbocycles. The van der Waals surface area contributed by atoms with E-state index in [1.165, 1.54) is 0 Å². The van der Waals surface area contributed by atoms with Crippen molar-refractivity contribution in [2.24, 2.45) is 0 Å². The van der Waals surface area contributed by atoms with Crippen LogP contribution in [0.4, 0.5) is 5.82 Å². The molecule has 158 valence electrons. The number of carbonyl (C=O) groups excluding carboxylic acids is 1. The number of anilines is 1. The second-order valence-electron chi connectivity index (χ2n) is 7.68. The number of piperazine rings is 1. The summed E-state index contributed by atoms with van der Waals surface area (Å²) in [6.07, 6.45) is 3.31. The van der Waals surface area contributed by atoms with Gasteiger partial charge in [-0.3, -0.25) is 4.79 Å². The maximum atomic E-state index is 12.1. The summed E-state index contributed by atoms with van der Waals surface area (Å²) >= 11 is 6.44. The molecule has 1 unspecified atom stereocenters. The maximum absolute atomic E-state index is 12.1. The van der Waals surface area contributed by atoms with Crippen LogP contribution in [-0.2, 0) is 4.79 Å². The van der Waals surface area contributed by atoms with Crippen LogP contribution in [0.3, 0.4) is 0 Å². The van der Waals surface area contributed by atoms with Gasteiger partial charge in [0, 0.05) is 38.5 Å². The lowest BCUT2D eigenvalue weighted by Gasteiger charge is -2.35. The molecule has 1 amide bonds. The number of hydrogen-bond donors (Lipinski definition) is 0. The van der Waals surface area contributed by atoms with E-state index in [1.54, 1.807) is 4.68 Å². The van der Waals surface area contributed by atoms with Gasteiger partial charge in [0.05, 0.1) is 22.3 Å². The number of para-hydroxylation sites is 1. The fourth-order valence-electron chi connectivity index (χ4n) is 3.74. The molecule has 0 radical (unpaired) electrons. The number of aromatic nitrogens is 4. The Bertz CT molecular complexity index is 1060. The minimum atomic E-state index is 0.203. The quantitative estimate of drug-likeness (QED) is 0.615. The van der Waals surface area contributed by atoms with Gasteiger partial charge in [-0.1, -0.05) is 44.5 Å². The molecule has 3 heterocycles. The van der Waals surface area contributed by atoms with Gasteiger partial charge in [-0.05, 0) is 18.6 Å². The maximum Gasteiger partial charge on any atom is 0.222 e. The van der Waals surface area contributed by atoms with Gasteiger partial charge < -0.3 is 9.80 Å². The first-order valence-corrected chi connectivity index (χ1v) is 10.9. The van der Waals surface area contributed by atoms with E-state index in [9.17, 15) is 4.79 Å². The summed E-state index contributed by atoms with van der Waals surface area (Å²) < 4.78 is 1.80. The van der Waals surface area contributed by atoms with Crippen LogP contribution in [0.5, 0.6) is 0 Å². The Hall–Kier alpha value is -2.67. The molecule has 4 rings (SSSR count). The molecule has 0 bridgehead atoms. The van der Waals surface area contributed by atoms with Crippen LogP contribution in [0.25, 0.3) is 16.7 Å². The van der Waals surface area contributed by atoms with Gasteiger partial charge in [-0.15, -0.1) is 0 Å². The van der Waals surface area contributed by atoms with Crippen LogP contribution in [-0.4, -0.2) is 56.7 Å². The van der Waals surface area contributed by atoms with Gasteiger partial charge in [-0.2, -0.15) is 5.10 Å². The summed E-state index contributed by atoms with van der Waals surface area (Å²) in [4.78, 5) is 26.0. The SMILES string of the molecule is CCC(=O)N1CCN(c2nc(C(C)CC)nc3c2cnn3-c2ccccc2Cl)CC1. The first-order chi connectivity index (χ1) is 14.5. The molecular weight excluding hydrogens is 400 g/mol. The van der Waals surface area contributed by atoms with E-state index in [1.807, 2.05) is 42.3 Å². The van der Waals surface area contributed by atoms with E-state index in [0.717, 1.165) is 47.9 Å². The number of halogens is 1. The zero-order valence-corrected chi connectivity index (χ0v) is 18.4. The minimum Gasteiger partial charge on any atom is -0.352 e. The predicted octanol–water partition coefficient (Wildman–Crippen LogP) is 4.04. The Morgan fingerprint density at radius 2 is 1.87 bits per heavy atom. The molecule has 0 spiro atoms. The zero-order valence-electron chi connectivity index (χ0n) is 17.7. The fraction of sp³-hybridized carbons (Fsp3) is 0.455. The van der Waals surface area contributed by atoms with Crippen molar-refractivity contribution in [1.82, 2.24) is 24.6 Å². The molecule has 1 aliphatic rings. The van der Waals surface area contributed by atoms with E-state index < -0.39 is 0 Å². The lowest BCUT2D eigenvalue weighted by molar-refractivity contribution is -0.131. The van der Waals surface area contributed by atoms with Crippen molar-refractivity contribution in [3.63, 3.8) is 0 Å². The number of rotatable bonds is 5. The number of amides is 1. The van der Waals surface area contributed by atoms with Crippen molar-refractivity contribution >= 4 is 34.4 Å². The van der Waals surface area contributed by atoms with Crippen LogP contribution in [0.15, 0.2) is 30.5 Å². The molecular formula is C22H27ClN6O. The van der Waals surface area contributed by atoms with Gasteiger partial charge in [-0.25, -0.2) is 14.6 Å². The van der Waals surface area contributed by atoms with Crippen LogP contribution in [0.1, 0.15) is 45.4 Å². The molecule has 3 aromatic rings. The Morgan fingerprint density at radius 1 is 1.13 bits per heavy atom. The summed E-state index contributed by atoms with van der Waals surface area (Å²) in [5.74, 6) is 2.12. The zero-order chi connectivity index (χ0) is 21.3. The minimum absolute atomic E-state index is 0.203. The Morgan fingerprint density at radius 3 is 2.53 bits per heavy atom. The topological polar surface area (TPSA) is 67.2 Å². The fourth-order valence-corrected chi connectivity index (χ4v) is 3.96. The van der Waals surface area contributed by atoms with Crippen molar-refractivity contribution in [3.8, 4) is 5.69 Å². The smallest absolute Gasteiger partial charge is 0.222 e. The predicted molar refractivity (Wildman–Crippen MR) is 119 cm³/mol. The third-order valence-electron chi connectivity index (χ3n) is 5.79. The molecule has 2 aromatic heterocycles. The monoisotopic (exact) mass is 426 g/mol. The number of hydrogen-bond acceptors (Lipinski definition) is 5. The van der Waals surface area contributed by atoms with Gasteiger partial charge in [0.25, 0.3) is 0 Å². The highest BCUT2D eigenvalue weighted by Gasteiger charge is 2.25. The molecule has 7 nitrogen and oxygen atoms in total. The van der Waals surface area contributed by atoms with Gasteiger partial charge in [0.1, 0.15) is 11.6 Å². The highest BCUT2D eigenvalue weighted by atomic mass is 35.5. The normalized spacial score (nSPS) is 15.6. The second-order valence-corrected chi connectivity index (χ2v) is 8.09. The molecule has 1 fully saturated rings. The summed E-state index contributed by atoms with van der Waals surface area (Å²) in [6, 6.07) is 7.64. The van der Waals surface area contributed by atoms with Gasteiger partial charge in [0.15, 0.2) is 5.65 Å². The third kappa shape index (κ3) is 3.74. The summed E-state index contributed by atoms with van der Waals surface area (Å²) in [7, 11) is 0. The van der Waals surface area contributed by atoms with Crippen LogP contribution >= 0.6 is 11.6 Å². The summed E-state index contributed by atoms with van der Waals surface area (Å²) in [5.41, 5.74) is 1.56. The molecule has 0 N–H and O–H groups in total. The lowest BCUT2D eigenvalue weighted by Crippen LogP contribution is -2.49. The summed E-state index contributed by atoms with van der Waals surface area (Å²) in [5, 5.41) is 6.13. The molecule has 1 aliphatic heterocycles. The summed E-state index contributed by atoms with van der Waals surface area (Å²) in [6.45, 7) is 9.08. The number of fused-ring (bicyclic) bond motifs is 1. The average Bonchev–Trinajstić information content (AvgIpc) is 3.21. The van der Waals surface area contributed by atoms with E-state index in [4.69, 9.17) is 21.6 Å². The number of nitrogens with zero attached hydrogens (tertiary/aromatic N) is 6. The standard InChI is InChI=1S/C22H27ClN6O/c1-4-15(3)20-25-21(28-12-10-27(11-13-28)19(30)5-2)16-14-24-29(22(16)26-20)18-9-7-6-8-17(18)23/h6-9,14-15H,4-5,10-13H2,1-3H3. The first kappa shape index (κ1) is 20.6. The highest BCUT2D eigenvalue weighted by Crippen LogP contribution is 2.30. The van der Waals surface area contributed by atoms with Gasteiger partial charge >= 0.3 is 0 Å². The van der Waals surface area contributed by atoms with Crippen LogP contribution < -0.4 is 4.90 Å². The van der Waals surface area contributed by atoms with Crippen LogP contribution in [0.2, 0.25) is 5.02 Å². The molecule has 0 aliphatic carbocycles. The Labute approximate surface area is 181 Å². The lowest BCUT2D eigenvalue weighted by atomic mass is 10.1. The molecule has 8 heteroatoms. The number of benzene rings is 1. The van der Waals surface area contributed by atoms with Crippen molar-refractivity contribution in [1.29, 1.82) is 0 Å². The number of carbonyl (C=O) groups is 1. The average molecular weight is 427 g/mol. The van der Waals surface area contributed by atoms with E-state index in [0.29, 0.717) is 24.5 Å². The second kappa shape index (κ2) is 8.60. The van der Waals surface area contributed by atoms with Gasteiger partial charge in [0.2, 0.25) is 5.91 Å². The molecule has 1 saturated heterocycles. The Balaban J connectivity index is 1.78. The highest BCUT2D eigenvalue weighted by molar-refractivity contribution is 6.32. The van der Waals surface area contributed by atoms with Crippen molar-refractivity contribution in [2.75, 3.05) is 31.1 Å². The van der Waals surface area contributed by atoms with E-state index in [2.05, 4.69) is 23.8 Å². The molecule has 1 atom stereocenters. The van der Waals surface area contributed by atoms with Crippen molar-refractivity contribution < 1.29 is 4.79 Å². The molecule has 30 heavy (non-hydrogen) atoms. The van der Waals surface area contributed by atoms with Crippen molar-refractivity contribution in [2.45, 2.75) is 39.5 Å². The molecule has 1 aromatic carbocycles.